The van der Waals surface area contributed by atoms with Crippen LogP contribution in [0.25, 0.3) is 5.69 Å². The molecule has 0 N–H and O–H groups in total. The highest BCUT2D eigenvalue weighted by Gasteiger charge is 2.04. The molecule has 1 heterocycles. The summed E-state index contributed by atoms with van der Waals surface area (Å²) >= 11 is 5.65. The van der Waals surface area contributed by atoms with Crippen LogP contribution < -0.4 is 0 Å². The van der Waals surface area contributed by atoms with Crippen LogP contribution in [0.5, 0.6) is 0 Å². The first-order chi connectivity index (χ1) is 7.20. The van der Waals surface area contributed by atoms with Gasteiger partial charge in [-0.15, -0.1) is 5.10 Å². The maximum absolute atomic E-state index is 4.09. The van der Waals surface area contributed by atoms with Gasteiger partial charge in [0.05, 0.1) is 17.6 Å². The maximum Gasteiger partial charge on any atom is 0.0937 e. The summed E-state index contributed by atoms with van der Waals surface area (Å²) in [6, 6.07) is 6.27. The van der Waals surface area contributed by atoms with E-state index in [0.717, 1.165) is 16.7 Å². The zero-order valence-corrected chi connectivity index (χ0v) is 11.9. The van der Waals surface area contributed by atoms with E-state index in [2.05, 4.69) is 74.0 Å². The van der Waals surface area contributed by atoms with E-state index in [-0.39, 0.29) is 0 Å². The van der Waals surface area contributed by atoms with Crippen molar-refractivity contribution in [3.63, 3.8) is 0 Å². The molecule has 0 spiro atoms. The molecule has 0 bridgehead atoms. The number of halogens is 2. The Kier molecular flexibility index (Phi) is 3.40. The van der Waals surface area contributed by atoms with E-state index in [1.807, 2.05) is 10.9 Å². The Morgan fingerprint density at radius 2 is 2.27 bits per heavy atom. The molecular formula is C10H9BrIN3. The van der Waals surface area contributed by atoms with Crippen molar-refractivity contribution in [2.45, 2.75) is 12.3 Å². The number of aryl methyl sites for hydroxylation is 1. The molecule has 0 aliphatic heterocycles. The Hall–Kier alpha value is -0.430. The Morgan fingerprint density at radius 1 is 1.47 bits per heavy atom. The zero-order chi connectivity index (χ0) is 10.8. The van der Waals surface area contributed by atoms with E-state index in [9.17, 15) is 0 Å². The lowest BCUT2D eigenvalue weighted by atomic mass is 10.2. The zero-order valence-electron chi connectivity index (χ0n) is 8.11. The summed E-state index contributed by atoms with van der Waals surface area (Å²) in [5.41, 5.74) is 3.22. The standard InChI is InChI=1S/C10H9BrIN3/c1-7-2-3-8(12)4-10(7)15-6-9(5-11)13-14-15/h2-4,6H,5H2,1H3. The summed E-state index contributed by atoms with van der Waals surface area (Å²) in [6.45, 7) is 2.07. The Labute approximate surface area is 110 Å². The first-order valence-corrected chi connectivity index (χ1v) is 6.64. The number of nitrogens with zero attached hydrogens (tertiary/aromatic N) is 3. The van der Waals surface area contributed by atoms with Crippen molar-refractivity contribution >= 4 is 38.5 Å². The lowest BCUT2D eigenvalue weighted by molar-refractivity contribution is 0.795. The van der Waals surface area contributed by atoms with Gasteiger partial charge in [0.2, 0.25) is 0 Å². The van der Waals surface area contributed by atoms with Crippen molar-refractivity contribution in [3.8, 4) is 5.69 Å². The number of alkyl halides is 1. The highest BCUT2D eigenvalue weighted by atomic mass is 127. The van der Waals surface area contributed by atoms with Crippen LogP contribution in [0.15, 0.2) is 24.4 Å². The predicted octanol–water partition coefficient (Wildman–Crippen LogP) is 3.08. The van der Waals surface area contributed by atoms with Crippen molar-refractivity contribution in [2.24, 2.45) is 0 Å². The largest absolute Gasteiger partial charge is 0.220 e. The molecule has 0 radical (unpaired) electrons. The highest BCUT2D eigenvalue weighted by molar-refractivity contribution is 14.1. The van der Waals surface area contributed by atoms with Gasteiger partial charge in [0.15, 0.2) is 0 Å². The second kappa shape index (κ2) is 4.61. The van der Waals surface area contributed by atoms with Crippen LogP contribution >= 0.6 is 38.5 Å². The summed E-state index contributed by atoms with van der Waals surface area (Å²) in [7, 11) is 0. The number of rotatable bonds is 2. The average Bonchev–Trinajstić information content (AvgIpc) is 2.70. The highest BCUT2D eigenvalue weighted by Crippen LogP contribution is 2.17. The molecule has 2 rings (SSSR count). The van der Waals surface area contributed by atoms with Crippen LogP contribution in [0, 0.1) is 10.5 Å². The topological polar surface area (TPSA) is 30.7 Å². The van der Waals surface area contributed by atoms with E-state index in [4.69, 9.17) is 0 Å². The Bertz CT molecular complexity index is 481. The van der Waals surface area contributed by atoms with Gasteiger partial charge in [0.25, 0.3) is 0 Å². The molecule has 0 aliphatic carbocycles. The third kappa shape index (κ3) is 2.39. The summed E-state index contributed by atoms with van der Waals surface area (Å²) in [5, 5.41) is 8.87. The van der Waals surface area contributed by atoms with Gasteiger partial charge < -0.3 is 0 Å². The SMILES string of the molecule is Cc1ccc(I)cc1-n1cc(CBr)nn1. The van der Waals surface area contributed by atoms with Gasteiger partial charge in [-0.1, -0.05) is 27.2 Å². The van der Waals surface area contributed by atoms with Gasteiger partial charge in [-0.25, -0.2) is 4.68 Å². The third-order valence-electron chi connectivity index (χ3n) is 2.10. The lowest BCUT2D eigenvalue weighted by Crippen LogP contribution is -1.98. The third-order valence-corrected chi connectivity index (χ3v) is 3.34. The van der Waals surface area contributed by atoms with Crippen molar-refractivity contribution < 1.29 is 0 Å². The van der Waals surface area contributed by atoms with E-state index in [1.165, 1.54) is 9.13 Å². The normalized spacial score (nSPS) is 10.6. The maximum atomic E-state index is 4.09. The molecule has 1 aromatic carbocycles. The quantitative estimate of drug-likeness (QED) is 0.594. The van der Waals surface area contributed by atoms with E-state index >= 15 is 0 Å². The summed E-state index contributed by atoms with van der Waals surface area (Å²) in [5.74, 6) is 0. The number of aromatic nitrogens is 3. The molecule has 0 amide bonds. The smallest absolute Gasteiger partial charge is 0.0937 e. The molecular weight excluding hydrogens is 369 g/mol. The Balaban J connectivity index is 2.48. The molecule has 2 aromatic rings. The summed E-state index contributed by atoms with van der Waals surface area (Å²) in [4.78, 5) is 0. The number of hydrogen-bond acceptors (Lipinski definition) is 2. The molecule has 0 saturated heterocycles. The molecule has 0 unspecified atom stereocenters. The van der Waals surface area contributed by atoms with Crippen LogP contribution in [0.1, 0.15) is 11.3 Å². The number of hydrogen-bond donors (Lipinski definition) is 0. The molecule has 0 atom stereocenters. The van der Waals surface area contributed by atoms with Crippen LogP contribution in [0.4, 0.5) is 0 Å². The van der Waals surface area contributed by atoms with Gasteiger partial charge in [-0.3, -0.25) is 0 Å². The van der Waals surface area contributed by atoms with Crippen molar-refractivity contribution in [2.75, 3.05) is 0 Å². The molecule has 0 aliphatic rings. The fraction of sp³-hybridized carbons (Fsp3) is 0.200. The van der Waals surface area contributed by atoms with E-state index in [1.54, 1.807) is 0 Å². The lowest BCUT2D eigenvalue weighted by Gasteiger charge is -2.04. The van der Waals surface area contributed by atoms with E-state index < -0.39 is 0 Å². The van der Waals surface area contributed by atoms with Gasteiger partial charge in [-0.2, -0.15) is 0 Å². The van der Waals surface area contributed by atoms with Gasteiger partial charge >= 0.3 is 0 Å². The fourth-order valence-electron chi connectivity index (χ4n) is 1.31. The predicted molar refractivity (Wildman–Crippen MR) is 71.4 cm³/mol. The van der Waals surface area contributed by atoms with E-state index in [0.29, 0.717) is 0 Å². The minimum absolute atomic E-state index is 0.732. The Morgan fingerprint density at radius 3 is 2.93 bits per heavy atom. The molecule has 78 valence electrons. The average molecular weight is 378 g/mol. The van der Waals surface area contributed by atoms with Gasteiger partial charge in [-0.05, 0) is 47.2 Å². The van der Waals surface area contributed by atoms with Gasteiger partial charge in [0.1, 0.15) is 0 Å². The molecule has 3 nitrogen and oxygen atoms in total. The fourth-order valence-corrected chi connectivity index (χ4v) is 2.04. The molecule has 5 heteroatoms. The monoisotopic (exact) mass is 377 g/mol. The van der Waals surface area contributed by atoms with Crippen LogP contribution in [0.3, 0.4) is 0 Å². The van der Waals surface area contributed by atoms with Crippen LogP contribution in [0.2, 0.25) is 0 Å². The minimum Gasteiger partial charge on any atom is -0.220 e. The van der Waals surface area contributed by atoms with Crippen LogP contribution in [-0.2, 0) is 5.33 Å². The number of benzene rings is 1. The molecule has 1 aromatic heterocycles. The van der Waals surface area contributed by atoms with Crippen molar-refractivity contribution in [1.82, 2.24) is 15.0 Å². The van der Waals surface area contributed by atoms with Crippen molar-refractivity contribution in [3.05, 3.63) is 39.2 Å². The summed E-state index contributed by atoms with van der Waals surface area (Å²) in [6.07, 6.45) is 1.94. The second-order valence-electron chi connectivity index (χ2n) is 3.22. The minimum atomic E-state index is 0.732. The molecule has 0 saturated carbocycles. The first-order valence-electron chi connectivity index (χ1n) is 4.44. The second-order valence-corrected chi connectivity index (χ2v) is 5.03. The molecule has 0 fully saturated rings. The van der Waals surface area contributed by atoms with Crippen molar-refractivity contribution in [1.29, 1.82) is 0 Å². The summed E-state index contributed by atoms with van der Waals surface area (Å²) < 4.78 is 3.01. The van der Waals surface area contributed by atoms with Gasteiger partial charge in [0, 0.05) is 8.90 Å². The van der Waals surface area contributed by atoms with Crippen LogP contribution in [-0.4, -0.2) is 15.0 Å². The first kappa shape index (κ1) is 11.1. The molecule has 15 heavy (non-hydrogen) atoms.